The van der Waals surface area contributed by atoms with Gasteiger partial charge in [-0.1, -0.05) is 133 Å². The molecule has 0 N–H and O–H groups in total. The molecule has 0 saturated carbocycles. The van der Waals surface area contributed by atoms with Crippen LogP contribution in [0.25, 0.3) is 55.5 Å². The highest BCUT2D eigenvalue weighted by atomic mass is 15.4. The standard InChI is InChI=1S/C65H56N6/c1-61(2)63(5,6)70(44-21-11-9-12-22-44)59(68-61)56-31-19-29-54(66-56)42-34-36-46-41(39-42)33-38-50-49-37-35-43(40-53(49)65(58(46)50)51-27-17-15-25-47(51)48-26-16-18-28-52(48)65)55-30-20-32-57(67-55)60-69-62(3,4)64(7,8)71(60)45-23-13-10-14-24-45/h9-40H,1-8H3. The van der Waals surface area contributed by atoms with E-state index in [1.165, 1.54) is 55.3 Å². The minimum absolute atomic E-state index is 0.277. The zero-order chi connectivity index (χ0) is 48.7. The molecule has 0 unspecified atom stereocenters. The number of nitrogens with zero attached hydrogens (tertiary/aromatic N) is 6. The molecule has 2 aliphatic heterocycles. The van der Waals surface area contributed by atoms with Gasteiger partial charge in [0.2, 0.25) is 0 Å². The number of anilines is 2. The van der Waals surface area contributed by atoms with E-state index < -0.39 is 5.41 Å². The topological polar surface area (TPSA) is 57.0 Å². The fourth-order valence-corrected chi connectivity index (χ4v) is 12.1. The highest BCUT2D eigenvalue weighted by Gasteiger charge is 2.54. The van der Waals surface area contributed by atoms with Gasteiger partial charge >= 0.3 is 0 Å². The quantitative estimate of drug-likeness (QED) is 0.167. The van der Waals surface area contributed by atoms with Crippen LogP contribution < -0.4 is 9.80 Å². The van der Waals surface area contributed by atoms with Crippen LogP contribution >= 0.6 is 0 Å². The summed E-state index contributed by atoms with van der Waals surface area (Å²) in [6.07, 6.45) is 0. The van der Waals surface area contributed by atoms with Gasteiger partial charge in [-0.2, -0.15) is 0 Å². The average molecular weight is 921 g/mol. The molecule has 13 rings (SSSR count). The van der Waals surface area contributed by atoms with E-state index in [0.717, 1.165) is 56.9 Å². The van der Waals surface area contributed by atoms with Gasteiger partial charge in [0.15, 0.2) is 11.7 Å². The molecule has 0 amide bonds. The normalized spacial score (nSPS) is 18.0. The van der Waals surface area contributed by atoms with Crippen molar-refractivity contribution in [2.24, 2.45) is 9.98 Å². The summed E-state index contributed by atoms with van der Waals surface area (Å²) in [6.45, 7) is 18.0. The SMILES string of the molecule is CC1(C)N=C(c2cccc(-c3ccc4c(c3)C3(c5ccccc5-c5ccccc53)c3c-4ccc4cc(-c5cccc(C6=NC(C)(C)C(C)(C)N6c6ccccc6)n5)ccc34)n2)N(c2ccccc2)C1(C)C. The van der Waals surface area contributed by atoms with E-state index in [9.17, 15) is 0 Å². The molecule has 0 bridgehead atoms. The van der Waals surface area contributed by atoms with Gasteiger partial charge in [0.05, 0.1) is 39.0 Å². The molecule has 7 aromatic carbocycles. The monoisotopic (exact) mass is 920 g/mol. The first kappa shape index (κ1) is 43.1. The summed E-state index contributed by atoms with van der Waals surface area (Å²) >= 11 is 0. The first-order valence-electron chi connectivity index (χ1n) is 25.0. The number of aromatic nitrogens is 2. The van der Waals surface area contributed by atoms with Crippen molar-refractivity contribution in [3.63, 3.8) is 0 Å². The molecule has 2 aliphatic carbocycles. The van der Waals surface area contributed by atoms with Crippen LogP contribution in [0.2, 0.25) is 0 Å². The van der Waals surface area contributed by atoms with Gasteiger partial charge in [-0.15, -0.1) is 0 Å². The van der Waals surface area contributed by atoms with Crippen molar-refractivity contribution in [2.45, 2.75) is 83.0 Å². The van der Waals surface area contributed by atoms with Crippen molar-refractivity contribution >= 4 is 33.8 Å². The number of pyridine rings is 2. The second-order valence-electron chi connectivity index (χ2n) is 21.8. The molecule has 2 aromatic heterocycles. The number of benzene rings is 7. The number of amidine groups is 2. The first-order valence-corrected chi connectivity index (χ1v) is 25.0. The van der Waals surface area contributed by atoms with Gasteiger partial charge in [-0.3, -0.25) is 9.98 Å². The number of para-hydroxylation sites is 2. The largest absolute Gasteiger partial charge is 0.317 e. The van der Waals surface area contributed by atoms with Crippen molar-refractivity contribution in [1.29, 1.82) is 0 Å². The van der Waals surface area contributed by atoms with Crippen LogP contribution in [0, 0.1) is 0 Å². The van der Waals surface area contributed by atoms with E-state index >= 15 is 0 Å². The third-order valence-electron chi connectivity index (χ3n) is 16.9. The Bertz CT molecular complexity index is 3680. The fourth-order valence-electron chi connectivity index (χ4n) is 12.1. The molecule has 71 heavy (non-hydrogen) atoms. The van der Waals surface area contributed by atoms with E-state index in [1.54, 1.807) is 0 Å². The summed E-state index contributed by atoms with van der Waals surface area (Å²) in [5.41, 5.74) is 16.4. The van der Waals surface area contributed by atoms with Crippen molar-refractivity contribution in [2.75, 3.05) is 9.80 Å². The van der Waals surface area contributed by atoms with Crippen LogP contribution in [0.4, 0.5) is 11.4 Å². The van der Waals surface area contributed by atoms with E-state index in [4.69, 9.17) is 20.0 Å². The fraction of sp³-hybridized carbons (Fsp3) is 0.200. The molecule has 0 saturated heterocycles. The van der Waals surface area contributed by atoms with Crippen LogP contribution in [0.1, 0.15) is 89.0 Å². The Hall–Kier alpha value is -7.96. The maximum atomic E-state index is 5.48. The number of fused-ring (bicyclic) bond motifs is 12. The van der Waals surface area contributed by atoms with Gasteiger partial charge in [0.25, 0.3) is 0 Å². The van der Waals surface area contributed by atoms with Crippen molar-refractivity contribution in [1.82, 2.24) is 9.97 Å². The summed E-state index contributed by atoms with van der Waals surface area (Å²) in [6, 6.07) is 70.7. The predicted molar refractivity (Wildman–Crippen MR) is 294 cm³/mol. The maximum Gasteiger partial charge on any atom is 0.155 e. The van der Waals surface area contributed by atoms with Crippen LogP contribution in [0.5, 0.6) is 0 Å². The van der Waals surface area contributed by atoms with Gasteiger partial charge in [-0.05, 0) is 171 Å². The van der Waals surface area contributed by atoms with Crippen molar-refractivity contribution < 1.29 is 0 Å². The summed E-state index contributed by atoms with van der Waals surface area (Å²) in [7, 11) is 0. The molecule has 0 fully saturated rings. The lowest BCUT2D eigenvalue weighted by atomic mass is 9.69. The zero-order valence-corrected chi connectivity index (χ0v) is 41.7. The summed E-state index contributed by atoms with van der Waals surface area (Å²) in [5, 5.41) is 2.41. The van der Waals surface area contributed by atoms with Crippen LogP contribution in [-0.2, 0) is 5.41 Å². The average Bonchev–Trinajstić information content (AvgIpc) is 4.00. The molecule has 4 heterocycles. The lowest BCUT2D eigenvalue weighted by Gasteiger charge is -2.41. The molecule has 0 atom stereocenters. The van der Waals surface area contributed by atoms with E-state index in [0.29, 0.717) is 0 Å². The third-order valence-corrected chi connectivity index (χ3v) is 16.9. The van der Waals surface area contributed by atoms with Gasteiger partial charge in [0, 0.05) is 22.5 Å². The Morgan fingerprint density at radius 1 is 0.352 bits per heavy atom. The molecule has 4 aliphatic rings. The molecule has 6 heteroatoms. The Balaban J connectivity index is 0.955. The van der Waals surface area contributed by atoms with Gasteiger partial charge < -0.3 is 9.80 Å². The summed E-state index contributed by atoms with van der Waals surface area (Å²) in [5.74, 6) is 1.78. The lowest BCUT2D eigenvalue weighted by Crippen LogP contribution is -2.53. The highest BCUT2D eigenvalue weighted by Crippen LogP contribution is 2.64. The molecule has 6 nitrogen and oxygen atoms in total. The molecule has 0 radical (unpaired) electrons. The smallest absolute Gasteiger partial charge is 0.155 e. The molecular formula is C65H56N6. The number of aliphatic imine (C=N–C) groups is 2. The Labute approximate surface area is 417 Å². The second-order valence-corrected chi connectivity index (χ2v) is 21.8. The van der Waals surface area contributed by atoms with Gasteiger partial charge in [-0.25, -0.2) is 9.97 Å². The highest BCUT2D eigenvalue weighted by molar-refractivity contribution is 6.13. The van der Waals surface area contributed by atoms with Crippen molar-refractivity contribution in [3.05, 3.63) is 228 Å². The van der Waals surface area contributed by atoms with Gasteiger partial charge in [0.1, 0.15) is 11.4 Å². The Morgan fingerprint density at radius 2 is 0.789 bits per heavy atom. The lowest BCUT2D eigenvalue weighted by molar-refractivity contribution is 0.338. The number of rotatable bonds is 6. The van der Waals surface area contributed by atoms with Crippen molar-refractivity contribution in [3.8, 4) is 44.8 Å². The first-order chi connectivity index (χ1) is 34.2. The van der Waals surface area contributed by atoms with Crippen LogP contribution in [0.15, 0.2) is 204 Å². The molecule has 346 valence electrons. The number of hydrogen-bond acceptors (Lipinski definition) is 6. The predicted octanol–water partition coefficient (Wildman–Crippen LogP) is 15.0. The van der Waals surface area contributed by atoms with Crippen LogP contribution in [0.3, 0.4) is 0 Å². The summed E-state index contributed by atoms with van der Waals surface area (Å²) in [4.78, 5) is 26.4. The van der Waals surface area contributed by atoms with E-state index in [1.807, 2.05) is 0 Å². The van der Waals surface area contributed by atoms with E-state index in [2.05, 4.69) is 259 Å². The van der Waals surface area contributed by atoms with E-state index in [-0.39, 0.29) is 22.2 Å². The number of hydrogen-bond donors (Lipinski definition) is 0. The maximum absolute atomic E-state index is 5.48. The minimum atomic E-state index is -0.570. The third kappa shape index (κ3) is 6.00. The Kier molecular flexibility index (Phi) is 9.12. The van der Waals surface area contributed by atoms with Crippen LogP contribution in [-0.4, -0.2) is 43.8 Å². The molecular weight excluding hydrogens is 865 g/mol. The molecule has 1 spiro atoms. The summed E-state index contributed by atoms with van der Waals surface area (Å²) < 4.78 is 0. The zero-order valence-electron chi connectivity index (χ0n) is 41.7. The Morgan fingerprint density at radius 3 is 1.32 bits per heavy atom. The second kappa shape index (κ2) is 15.0. The molecule has 9 aromatic rings. The minimum Gasteiger partial charge on any atom is -0.317 e.